The summed E-state index contributed by atoms with van der Waals surface area (Å²) in [4.78, 5) is 18.7. The van der Waals surface area contributed by atoms with Gasteiger partial charge in [-0.2, -0.15) is 0 Å². The Labute approximate surface area is 195 Å². The minimum absolute atomic E-state index is 0.0344. The minimum atomic E-state index is -0.372. The molecule has 178 valence electrons. The number of amides is 1. The first kappa shape index (κ1) is 23.6. The maximum Gasteiger partial charge on any atom is 0.224 e. The zero-order chi connectivity index (χ0) is 22.9. The summed E-state index contributed by atoms with van der Waals surface area (Å²) in [6, 6.07) is 8.75. The second-order valence-corrected chi connectivity index (χ2v) is 8.97. The van der Waals surface area contributed by atoms with Gasteiger partial charge in [-0.3, -0.25) is 9.69 Å². The van der Waals surface area contributed by atoms with E-state index >= 15 is 0 Å². The fourth-order valence-corrected chi connectivity index (χ4v) is 4.57. The third kappa shape index (κ3) is 7.24. The number of pyridine rings is 1. The summed E-state index contributed by atoms with van der Waals surface area (Å²) < 4.78 is 25.6. The van der Waals surface area contributed by atoms with Crippen molar-refractivity contribution in [3.8, 4) is 17.0 Å². The molecule has 1 aliphatic heterocycles. The third-order valence-electron chi connectivity index (χ3n) is 6.57. The first-order valence-corrected chi connectivity index (χ1v) is 12.1. The lowest BCUT2D eigenvalue weighted by atomic mass is 10.0. The van der Waals surface area contributed by atoms with E-state index in [-0.39, 0.29) is 17.6 Å². The summed E-state index contributed by atoms with van der Waals surface area (Å²) in [6.45, 7) is 5.24. The van der Waals surface area contributed by atoms with Crippen molar-refractivity contribution in [3.05, 3.63) is 47.9 Å². The molecule has 2 fully saturated rings. The summed E-state index contributed by atoms with van der Waals surface area (Å²) in [5.41, 5.74) is 2.06. The number of rotatable bonds is 10. The van der Waals surface area contributed by atoms with Crippen LogP contribution in [0.4, 0.5) is 4.39 Å². The van der Waals surface area contributed by atoms with Crippen molar-refractivity contribution in [2.24, 2.45) is 5.92 Å². The fourth-order valence-electron chi connectivity index (χ4n) is 4.57. The van der Waals surface area contributed by atoms with Crippen LogP contribution in [0, 0.1) is 11.7 Å². The number of nitrogens with zero attached hydrogens (tertiary/aromatic N) is 2. The van der Waals surface area contributed by atoms with Gasteiger partial charge in [0.15, 0.2) is 0 Å². The second kappa shape index (κ2) is 12.1. The monoisotopic (exact) mass is 455 g/mol. The largest absolute Gasteiger partial charge is 0.476 e. The molecule has 2 aliphatic rings. The lowest BCUT2D eigenvalue weighted by Gasteiger charge is -2.26. The molecule has 1 saturated carbocycles. The SMILES string of the molecule is O=C(Cc1ccc(-c2cnc(OCCN3CCOCC3)cc2F)cc1)NCCC1CCCC1. The van der Waals surface area contributed by atoms with Crippen molar-refractivity contribution in [3.63, 3.8) is 0 Å². The molecule has 1 amide bonds. The Kier molecular flexibility index (Phi) is 8.66. The van der Waals surface area contributed by atoms with E-state index in [1.54, 1.807) is 0 Å². The van der Waals surface area contributed by atoms with Gasteiger partial charge in [0.25, 0.3) is 0 Å². The number of carbonyl (C=O) groups is 1. The Morgan fingerprint density at radius 1 is 1.18 bits per heavy atom. The molecule has 2 heterocycles. The summed E-state index contributed by atoms with van der Waals surface area (Å²) in [6.07, 6.45) is 8.15. The van der Waals surface area contributed by atoms with Crippen LogP contribution in [0.15, 0.2) is 36.5 Å². The van der Waals surface area contributed by atoms with Crippen LogP contribution in [0.1, 0.15) is 37.7 Å². The fraction of sp³-hybridized carbons (Fsp3) is 0.538. The number of benzene rings is 1. The van der Waals surface area contributed by atoms with E-state index in [4.69, 9.17) is 9.47 Å². The minimum Gasteiger partial charge on any atom is -0.476 e. The standard InChI is InChI=1S/C26H34FN3O3/c27-24-18-26(33-16-13-30-11-14-32-15-12-30)29-19-23(24)22-7-5-21(6-8-22)17-25(31)28-10-9-20-3-1-2-4-20/h5-8,18-20H,1-4,9-17H2,(H,28,31). The summed E-state index contributed by atoms with van der Waals surface area (Å²) in [5, 5.41) is 3.03. The van der Waals surface area contributed by atoms with Crippen molar-refractivity contribution in [1.82, 2.24) is 15.2 Å². The van der Waals surface area contributed by atoms with E-state index in [1.165, 1.54) is 37.9 Å². The number of hydrogen-bond acceptors (Lipinski definition) is 5. The second-order valence-electron chi connectivity index (χ2n) is 8.97. The highest BCUT2D eigenvalue weighted by molar-refractivity contribution is 5.78. The topological polar surface area (TPSA) is 63.7 Å². The molecule has 1 saturated heterocycles. The van der Waals surface area contributed by atoms with Gasteiger partial charge in [0.2, 0.25) is 11.8 Å². The molecule has 1 N–H and O–H groups in total. The molecule has 7 heteroatoms. The molecule has 1 aromatic carbocycles. The average molecular weight is 456 g/mol. The molecular formula is C26H34FN3O3. The first-order valence-electron chi connectivity index (χ1n) is 12.1. The van der Waals surface area contributed by atoms with Gasteiger partial charge in [-0.25, -0.2) is 9.37 Å². The zero-order valence-corrected chi connectivity index (χ0v) is 19.2. The maximum absolute atomic E-state index is 14.7. The van der Waals surface area contributed by atoms with E-state index in [0.717, 1.165) is 62.9 Å². The molecule has 0 radical (unpaired) electrons. The number of halogens is 1. The number of hydrogen-bond donors (Lipinski definition) is 1. The van der Waals surface area contributed by atoms with Gasteiger partial charge < -0.3 is 14.8 Å². The highest BCUT2D eigenvalue weighted by Crippen LogP contribution is 2.27. The van der Waals surface area contributed by atoms with Crippen molar-refractivity contribution >= 4 is 5.91 Å². The predicted molar refractivity (Wildman–Crippen MR) is 126 cm³/mol. The highest BCUT2D eigenvalue weighted by atomic mass is 19.1. The normalized spacial score (nSPS) is 17.2. The molecule has 0 unspecified atom stereocenters. The maximum atomic E-state index is 14.7. The van der Waals surface area contributed by atoms with E-state index in [2.05, 4.69) is 15.2 Å². The van der Waals surface area contributed by atoms with E-state index in [9.17, 15) is 9.18 Å². The quantitative estimate of drug-likeness (QED) is 0.590. The van der Waals surface area contributed by atoms with Crippen LogP contribution in [-0.2, 0) is 16.0 Å². The zero-order valence-electron chi connectivity index (χ0n) is 19.2. The lowest BCUT2D eigenvalue weighted by molar-refractivity contribution is -0.120. The molecule has 0 spiro atoms. The lowest BCUT2D eigenvalue weighted by Crippen LogP contribution is -2.38. The smallest absolute Gasteiger partial charge is 0.224 e. The predicted octanol–water partition coefficient (Wildman–Crippen LogP) is 3.84. The van der Waals surface area contributed by atoms with E-state index < -0.39 is 0 Å². The first-order chi connectivity index (χ1) is 16.2. The van der Waals surface area contributed by atoms with Crippen LogP contribution >= 0.6 is 0 Å². The number of nitrogens with one attached hydrogen (secondary N) is 1. The van der Waals surface area contributed by atoms with Crippen LogP contribution in [0.2, 0.25) is 0 Å². The molecule has 6 nitrogen and oxygen atoms in total. The molecule has 0 atom stereocenters. The van der Waals surface area contributed by atoms with Crippen LogP contribution < -0.4 is 10.1 Å². The third-order valence-corrected chi connectivity index (χ3v) is 6.57. The Balaban J connectivity index is 1.23. The summed E-state index contributed by atoms with van der Waals surface area (Å²) >= 11 is 0. The number of aromatic nitrogens is 1. The Bertz CT molecular complexity index is 894. The van der Waals surface area contributed by atoms with Gasteiger partial charge in [0, 0.05) is 44.0 Å². The van der Waals surface area contributed by atoms with Gasteiger partial charge in [-0.05, 0) is 23.5 Å². The van der Waals surface area contributed by atoms with Crippen molar-refractivity contribution in [2.45, 2.75) is 38.5 Å². The van der Waals surface area contributed by atoms with Crippen LogP contribution in [0.5, 0.6) is 5.88 Å². The van der Waals surface area contributed by atoms with Crippen LogP contribution in [-0.4, -0.2) is 61.8 Å². The number of morpholine rings is 1. The molecule has 4 rings (SSSR count). The average Bonchev–Trinajstić information content (AvgIpc) is 3.34. The number of ether oxygens (including phenoxy) is 2. The van der Waals surface area contributed by atoms with Crippen LogP contribution in [0.3, 0.4) is 0 Å². The van der Waals surface area contributed by atoms with Crippen LogP contribution in [0.25, 0.3) is 11.1 Å². The van der Waals surface area contributed by atoms with E-state index in [1.807, 2.05) is 24.3 Å². The van der Waals surface area contributed by atoms with Crippen molar-refractivity contribution in [1.29, 1.82) is 0 Å². The molecule has 0 bridgehead atoms. The molecule has 33 heavy (non-hydrogen) atoms. The van der Waals surface area contributed by atoms with Gasteiger partial charge in [0.1, 0.15) is 12.4 Å². The molecule has 1 aromatic heterocycles. The molecule has 2 aromatic rings. The number of carbonyl (C=O) groups excluding carboxylic acids is 1. The van der Waals surface area contributed by atoms with Gasteiger partial charge >= 0.3 is 0 Å². The Morgan fingerprint density at radius 3 is 2.67 bits per heavy atom. The van der Waals surface area contributed by atoms with E-state index in [0.29, 0.717) is 18.6 Å². The summed E-state index contributed by atoms with van der Waals surface area (Å²) in [5.74, 6) is 0.723. The van der Waals surface area contributed by atoms with Crippen molar-refractivity contribution < 1.29 is 18.7 Å². The highest BCUT2D eigenvalue weighted by Gasteiger charge is 2.15. The van der Waals surface area contributed by atoms with Gasteiger partial charge in [-0.15, -0.1) is 0 Å². The van der Waals surface area contributed by atoms with Gasteiger partial charge in [0.05, 0.1) is 19.6 Å². The summed E-state index contributed by atoms with van der Waals surface area (Å²) in [7, 11) is 0. The van der Waals surface area contributed by atoms with Crippen molar-refractivity contribution in [2.75, 3.05) is 46.0 Å². The molecular weight excluding hydrogens is 421 g/mol. The van der Waals surface area contributed by atoms with Gasteiger partial charge in [-0.1, -0.05) is 49.9 Å². The Hall–Kier alpha value is -2.51. The Morgan fingerprint density at radius 2 is 1.94 bits per heavy atom. The molecule has 1 aliphatic carbocycles.